The number of carbonyl (C=O) groups is 1. The van der Waals surface area contributed by atoms with Crippen LogP contribution >= 0.6 is 0 Å². The minimum Gasteiger partial charge on any atom is -0.389 e. The van der Waals surface area contributed by atoms with Gasteiger partial charge in [-0.1, -0.05) is 18.2 Å². The number of hydrogen-bond acceptors (Lipinski definition) is 6. The molecule has 3 atom stereocenters. The van der Waals surface area contributed by atoms with Gasteiger partial charge in [0.15, 0.2) is 0 Å². The lowest BCUT2D eigenvalue weighted by atomic mass is 10.1. The van der Waals surface area contributed by atoms with Gasteiger partial charge in [0.05, 0.1) is 31.4 Å². The van der Waals surface area contributed by atoms with Gasteiger partial charge in [-0.2, -0.15) is 0 Å². The number of benzene rings is 1. The van der Waals surface area contributed by atoms with E-state index in [9.17, 15) is 9.90 Å². The molecule has 2 aromatic heterocycles. The maximum Gasteiger partial charge on any atom is 0.251 e. The number of aliphatic hydroxyl groups excluding tert-OH is 1. The van der Waals surface area contributed by atoms with E-state index in [0.29, 0.717) is 25.3 Å². The molecule has 1 aliphatic rings. The fourth-order valence-corrected chi connectivity index (χ4v) is 3.52. The number of carbonyl (C=O) groups excluding carboxylic acids is 1. The second kappa shape index (κ2) is 8.99. The highest BCUT2D eigenvalue weighted by atomic mass is 16.5. The van der Waals surface area contributed by atoms with Crippen LogP contribution in [-0.4, -0.2) is 67.3 Å². The molecule has 9 nitrogen and oxygen atoms in total. The number of hydrogen-bond donors (Lipinski definition) is 4. The minimum absolute atomic E-state index is 0.184. The Balaban J connectivity index is 1.39. The van der Waals surface area contributed by atoms with Crippen molar-refractivity contribution in [3.8, 4) is 0 Å². The molecule has 3 unspecified atom stereocenters. The number of aromatic nitrogens is 4. The third-order valence-corrected chi connectivity index (χ3v) is 5.08. The van der Waals surface area contributed by atoms with Crippen LogP contribution in [0.4, 0.5) is 0 Å². The van der Waals surface area contributed by atoms with Gasteiger partial charge in [0.1, 0.15) is 6.10 Å². The normalized spacial score (nSPS) is 21.5. The third-order valence-electron chi connectivity index (χ3n) is 5.08. The van der Waals surface area contributed by atoms with Gasteiger partial charge in [-0.25, -0.2) is 9.97 Å². The zero-order valence-corrected chi connectivity index (χ0v) is 15.9. The molecular weight excluding hydrogens is 372 g/mol. The Morgan fingerprint density at radius 3 is 2.38 bits per heavy atom. The van der Waals surface area contributed by atoms with E-state index in [1.807, 2.05) is 18.2 Å². The number of H-pyrrole nitrogens is 2. The molecule has 29 heavy (non-hydrogen) atoms. The van der Waals surface area contributed by atoms with E-state index < -0.39 is 12.2 Å². The molecule has 1 amide bonds. The maximum absolute atomic E-state index is 12.3. The fourth-order valence-electron chi connectivity index (χ4n) is 3.52. The Kier molecular flexibility index (Phi) is 5.99. The minimum atomic E-state index is -0.739. The molecule has 9 heteroatoms. The molecule has 0 spiro atoms. The largest absolute Gasteiger partial charge is 0.389 e. The summed E-state index contributed by atoms with van der Waals surface area (Å²) in [6.45, 7) is 1.77. The van der Waals surface area contributed by atoms with Crippen LogP contribution < -0.4 is 5.32 Å². The van der Waals surface area contributed by atoms with E-state index in [-0.39, 0.29) is 18.5 Å². The van der Waals surface area contributed by atoms with Crippen LogP contribution in [0.25, 0.3) is 0 Å². The van der Waals surface area contributed by atoms with E-state index in [2.05, 4.69) is 30.2 Å². The van der Waals surface area contributed by atoms with Crippen LogP contribution in [0, 0.1) is 0 Å². The molecular formula is C20H24N6O3. The number of rotatable bonds is 8. The lowest BCUT2D eigenvalue weighted by molar-refractivity contribution is 0.0297. The molecule has 0 aliphatic carbocycles. The number of nitrogens with zero attached hydrogens (tertiary/aromatic N) is 3. The standard InChI is InChI=1S/C20H24N6O3/c27-19-17(11-29-18(19)8-23-20(28)14-4-2-1-3-5-14)26(9-15-6-21-12-24-15)10-16-7-22-13-25-16/h1-7,12-13,17-19,27H,8-11H2,(H,21,24)(H,22,25)(H,23,28). The highest BCUT2D eigenvalue weighted by molar-refractivity contribution is 5.94. The lowest BCUT2D eigenvalue weighted by Gasteiger charge is -2.29. The first-order valence-electron chi connectivity index (χ1n) is 9.52. The van der Waals surface area contributed by atoms with E-state index >= 15 is 0 Å². The number of imidazole rings is 2. The van der Waals surface area contributed by atoms with Crippen molar-refractivity contribution in [3.63, 3.8) is 0 Å². The van der Waals surface area contributed by atoms with Crippen molar-refractivity contribution in [2.24, 2.45) is 0 Å². The monoisotopic (exact) mass is 396 g/mol. The Morgan fingerprint density at radius 2 is 1.79 bits per heavy atom. The van der Waals surface area contributed by atoms with E-state index in [4.69, 9.17) is 4.74 Å². The van der Waals surface area contributed by atoms with Gasteiger partial charge in [-0.3, -0.25) is 9.69 Å². The van der Waals surface area contributed by atoms with Crippen molar-refractivity contribution in [2.75, 3.05) is 13.2 Å². The molecule has 4 rings (SSSR count). The molecule has 0 radical (unpaired) electrons. The summed E-state index contributed by atoms with van der Waals surface area (Å²) in [6, 6.07) is 8.77. The van der Waals surface area contributed by atoms with Gasteiger partial charge in [-0.05, 0) is 12.1 Å². The van der Waals surface area contributed by atoms with Crippen molar-refractivity contribution in [1.29, 1.82) is 0 Å². The fraction of sp³-hybridized carbons (Fsp3) is 0.350. The first-order chi connectivity index (χ1) is 14.2. The topological polar surface area (TPSA) is 119 Å². The van der Waals surface area contributed by atoms with Gasteiger partial charge in [0.25, 0.3) is 5.91 Å². The average molecular weight is 396 g/mol. The summed E-state index contributed by atoms with van der Waals surface area (Å²) in [4.78, 5) is 28.7. The average Bonchev–Trinajstić information content (AvgIpc) is 3.50. The first-order valence-corrected chi connectivity index (χ1v) is 9.52. The smallest absolute Gasteiger partial charge is 0.251 e. The van der Waals surface area contributed by atoms with E-state index in [0.717, 1.165) is 11.4 Å². The van der Waals surface area contributed by atoms with Crippen molar-refractivity contribution in [1.82, 2.24) is 30.2 Å². The number of aromatic amines is 2. The van der Waals surface area contributed by atoms with Gasteiger partial charge >= 0.3 is 0 Å². The maximum atomic E-state index is 12.3. The molecule has 1 saturated heterocycles. The third kappa shape index (κ3) is 4.70. The quantitative estimate of drug-likeness (QED) is 0.445. The highest BCUT2D eigenvalue weighted by Gasteiger charge is 2.39. The predicted octanol–water partition coefficient (Wildman–Crippen LogP) is 0.693. The van der Waals surface area contributed by atoms with Crippen LogP contribution in [0.1, 0.15) is 21.7 Å². The second-order valence-electron chi connectivity index (χ2n) is 7.06. The van der Waals surface area contributed by atoms with Crippen molar-refractivity contribution in [2.45, 2.75) is 31.3 Å². The van der Waals surface area contributed by atoms with Crippen LogP contribution in [0.2, 0.25) is 0 Å². The Labute approximate surface area is 168 Å². The molecule has 1 aliphatic heterocycles. The summed E-state index contributed by atoms with van der Waals surface area (Å²) >= 11 is 0. The Morgan fingerprint density at radius 1 is 1.14 bits per heavy atom. The molecule has 152 valence electrons. The van der Waals surface area contributed by atoms with Gasteiger partial charge in [0.2, 0.25) is 0 Å². The van der Waals surface area contributed by atoms with Crippen LogP contribution in [-0.2, 0) is 17.8 Å². The van der Waals surface area contributed by atoms with Crippen molar-refractivity contribution in [3.05, 3.63) is 72.3 Å². The van der Waals surface area contributed by atoms with Gasteiger partial charge in [-0.15, -0.1) is 0 Å². The zero-order valence-electron chi connectivity index (χ0n) is 15.9. The molecule has 3 heterocycles. The number of ether oxygens (including phenoxy) is 1. The highest BCUT2D eigenvalue weighted by Crippen LogP contribution is 2.22. The number of aliphatic hydroxyl groups is 1. The molecule has 3 aromatic rings. The summed E-state index contributed by atoms with van der Waals surface area (Å²) in [5.41, 5.74) is 2.46. The van der Waals surface area contributed by atoms with E-state index in [1.165, 1.54) is 0 Å². The lowest BCUT2D eigenvalue weighted by Crippen LogP contribution is -2.46. The van der Waals surface area contributed by atoms with E-state index in [1.54, 1.807) is 37.2 Å². The SMILES string of the molecule is O=C(NCC1OCC(N(Cc2cnc[nH]2)Cc2cnc[nH]2)C1O)c1ccccc1. The summed E-state index contributed by atoms with van der Waals surface area (Å²) in [7, 11) is 0. The summed E-state index contributed by atoms with van der Waals surface area (Å²) < 4.78 is 5.83. The van der Waals surface area contributed by atoms with Crippen molar-refractivity contribution < 1.29 is 14.6 Å². The predicted molar refractivity (Wildman–Crippen MR) is 105 cm³/mol. The molecule has 1 fully saturated rings. The van der Waals surface area contributed by atoms with Crippen LogP contribution in [0.3, 0.4) is 0 Å². The van der Waals surface area contributed by atoms with Crippen molar-refractivity contribution >= 4 is 5.91 Å². The van der Waals surface area contributed by atoms with Crippen LogP contribution in [0.15, 0.2) is 55.4 Å². The summed E-state index contributed by atoms with van der Waals surface area (Å²) in [5, 5.41) is 13.7. The molecule has 0 bridgehead atoms. The Hall–Kier alpha value is -3.01. The van der Waals surface area contributed by atoms with Gasteiger partial charge in [0, 0.05) is 49.0 Å². The second-order valence-corrected chi connectivity index (χ2v) is 7.06. The first kappa shape index (κ1) is 19.3. The molecule has 0 saturated carbocycles. The number of nitrogens with one attached hydrogen (secondary N) is 3. The van der Waals surface area contributed by atoms with Gasteiger partial charge < -0.3 is 25.1 Å². The number of amides is 1. The summed E-state index contributed by atoms with van der Waals surface area (Å²) in [5.74, 6) is -0.184. The summed E-state index contributed by atoms with van der Waals surface area (Å²) in [6.07, 6.45) is 5.58. The zero-order chi connectivity index (χ0) is 20.1. The molecule has 1 aromatic carbocycles. The molecule has 4 N–H and O–H groups in total. The Bertz CT molecular complexity index is 848. The van der Waals surface area contributed by atoms with Crippen LogP contribution in [0.5, 0.6) is 0 Å².